The molecular formula is C17H21ClN2O6S2. The third kappa shape index (κ3) is 4.95. The predicted octanol–water partition coefficient (Wildman–Crippen LogP) is 1.94. The van der Waals surface area contributed by atoms with Crippen LogP contribution in [0.25, 0.3) is 0 Å². The van der Waals surface area contributed by atoms with E-state index < -0.39 is 20.0 Å². The molecule has 1 heterocycles. The van der Waals surface area contributed by atoms with Gasteiger partial charge < -0.3 is 9.47 Å². The van der Waals surface area contributed by atoms with Crippen molar-refractivity contribution in [1.29, 1.82) is 0 Å². The van der Waals surface area contributed by atoms with Gasteiger partial charge in [-0.3, -0.25) is 4.72 Å². The van der Waals surface area contributed by atoms with Crippen molar-refractivity contribution in [2.45, 2.75) is 9.79 Å². The lowest BCUT2D eigenvalue weighted by atomic mass is 10.3. The van der Waals surface area contributed by atoms with Crippen molar-refractivity contribution in [2.75, 3.05) is 38.1 Å². The Morgan fingerprint density at radius 3 is 2.21 bits per heavy atom. The van der Waals surface area contributed by atoms with E-state index >= 15 is 0 Å². The minimum absolute atomic E-state index is 0. The quantitative estimate of drug-likeness (QED) is 0.724. The first kappa shape index (κ1) is 22.4. The lowest BCUT2D eigenvalue weighted by Crippen LogP contribution is -2.40. The molecule has 0 aliphatic carbocycles. The third-order valence-corrected chi connectivity index (χ3v) is 7.36. The number of methoxy groups -OCH3 is 1. The number of halogens is 1. The summed E-state index contributed by atoms with van der Waals surface area (Å²) in [4.78, 5) is 0.0732. The third-order valence-electron chi connectivity index (χ3n) is 4.06. The van der Waals surface area contributed by atoms with Gasteiger partial charge in [0.1, 0.15) is 5.75 Å². The van der Waals surface area contributed by atoms with E-state index in [2.05, 4.69) is 4.72 Å². The highest BCUT2D eigenvalue weighted by Crippen LogP contribution is 2.23. The lowest BCUT2D eigenvalue weighted by Gasteiger charge is -2.26. The summed E-state index contributed by atoms with van der Waals surface area (Å²) in [6, 6.07) is 11.6. The van der Waals surface area contributed by atoms with E-state index in [-0.39, 0.29) is 41.0 Å². The number of nitrogens with zero attached hydrogens (tertiary/aromatic N) is 1. The van der Waals surface area contributed by atoms with Crippen LogP contribution in [0.3, 0.4) is 0 Å². The molecule has 1 fully saturated rings. The van der Waals surface area contributed by atoms with E-state index in [1.165, 1.54) is 59.9 Å². The zero-order chi connectivity index (χ0) is 19.5. The average molecular weight is 449 g/mol. The first-order chi connectivity index (χ1) is 12.8. The molecule has 2 aromatic rings. The van der Waals surface area contributed by atoms with Crippen LogP contribution in [0.5, 0.6) is 5.75 Å². The number of sulfonamides is 2. The molecule has 0 bridgehead atoms. The van der Waals surface area contributed by atoms with Gasteiger partial charge in [0.2, 0.25) is 10.0 Å². The second kappa shape index (κ2) is 9.10. The topological polar surface area (TPSA) is 102 Å². The largest absolute Gasteiger partial charge is 0.497 e. The molecule has 0 saturated carbocycles. The molecule has 0 unspecified atom stereocenters. The second-order valence-corrected chi connectivity index (χ2v) is 9.45. The van der Waals surface area contributed by atoms with Gasteiger partial charge in [-0.25, -0.2) is 16.8 Å². The monoisotopic (exact) mass is 448 g/mol. The highest BCUT2D eigenvalue weighted by atomic mass is 35.5. The predicted molar refractivity (Wildman–Crippen MR) is 107 cm³/mol. The van der Waals surface area contributed by atoms with Gasteiger partial charge in [-0.05, 0) is 42.5 Å². The van der Waals surface area contributed by atoms with Crippen molar-refractivity contribution in [1.82, 2.24) is 4.31 Å². The van der Waals surface area contributed by atoms with Crippen LogP contribution in [-0.4, -0.2) is 54.6 Å². The molecule has 11 heteroatoms. The number of rotatable bonds is 6. The number of hydrogen-bond acceptors (Lipinski definition) is 6. The van der Waals surface area contributed by atoms with Crippen molar-refractivity contribution < 1.29 is 26.3 Å². The summed E-state index contributed by atoms with van der Waals surface area (Å²) in [7, 11) is -6.08. The summed E-state index contributed by atoms with van der Waals surface area (Å²) in [6.07, 6.45) is 0. The molecule has 0 aromatic heterocycles. The molecule has 1 aliphatic rings. The molecule has 0 radical (unpaired) electrons. The van der Waals surface area contributed by atoms with Crippen LogP contribution < -0.4 is 9.46 Å². The Morgan fingerprint density at radius 1 is 0.964 bits per heavy atom. The van der Waals surface area contributed by atoms with Crippen molar-refractivity contribution in [3.8, 4) is 5.75 Å². The normalized spacial score (nSPS) is 15.5. The Labute approximate surface area is 171 Å². The minimum Gasteiger partial charge on any atom is -0.497 e. The van der Waals surface area contributed by atoms with E-state index in [4.69, 9.17) is 9.47 Å². The fraction of sp³-hybridized carbons (Fsp3) is 0.294. The van der Waals surface area contributed by atoms with Crippen LogP contribution in [0, 0.1) is 0 Å². The maximum atomic E-state index is 12.7. The van der Waals surface area contributed by atoms with E-state index in [0.29, 0.717) is 19.0 Å². The van der Waals surface area contributed by atoms with E-state index in [1.54, 1.807) is 0 Å². The Kier molecular flexibility index (Phi) is 7.29. The molecule has 28 heavy (non-hydrogen) atoms. The summed E-state index contributed by atoms with van der Waals surface area (Å²) in [6.45, 7) is 1.21. The first-order valence-electron chi connectivity index (χ1n) is 8.18. The van der Waals surface area contributed by atoms with Crippen molar-refractivity contribution >= 4 is 38.1 Å². The number of ether oxygens (including phenoxy) is 2. The van der Waals surface area contributed by atoms with Crippen LogP contribution in [0.15, 0.2) is 58.3 Å². The maximum Gasteiger partial charge on any atom is 0.261 e. The SMILES string of the molecule is COc1ccc(S(=O)(=O)Nc2cccc(S(=O)(=O)N3CCOCC3)c2)cc1.Cl. The zero-order valence-corrected chi connectivity index (χ0v) is 17.5. The summed E-state index contributed by atoms with van der Waals surface area (Å²) in [5.74, 6) is 0.535. The highest BCUT2D eigenvalue weighted by molar-refractivity contribution is 7.92. The molecule has 1 saturated heterocycles. The first-order valence-corrected chi connectivity index (χ1v) is 11.1. The van der Waals surface area contributed by atoms with Crippen LogP contribution in [0.1, 0.15) is 0 Å². The fourth-order valence-corrected chi connectivity index (χ4v) is 5.13. The van der Waals surface area contributed by atoms with Gasteiger partial charge in [0, 0.05) is 13.1 Å². The summed E-state index contributed by atoms with van der Waals surface area (Å²) in [5, 5.41) is 0. The van der Waals surface area contributed by atoms with Gasteiger partial charge in [-0.15, -0.1) is 12.4 Å². The summed E-state index contributed by atoms with van der Waals surface area (Å²) in [5.41, 5.74) is 0.167. The van der Waals surface area contributed by atoms with Gasteiger partial charge in [0.05, 0.1) is 35.8 Å². The summed E-state index contributed by atoms with van der Waals surface area (Å²) < 4.78 is 64.5. The number of nitrogens with one attached hydrogen (secondary N) is 1. The Bertz CT molecular complexity index is 1000. The molecule has 1 N–H and O–H groups in total. The van der Waals surface area contributed by atoms with Crippen LogP contribution in [0.2, 0.25) is 0 Å². The Hall–Kier alpha value is -1.85. The van der Waals surface area contributed by atoms with Gasteiger partial charge >= 0.3 is 0 Å². The second-order valence-electron chi connectivity index (χ2n) is 5.83. The van der Waals surface area contributed by atoms with E-state index in [0.717, 1.165) is 0 Å². The van der Waals surface area contributed by atoms with Gasteiger partial charge in [0.15, 0.2) is 0 Å². The number of anilines is 1. The van der Waals surface area contributed by atoms with E-state index in [1.807, 2.05) is 0 Å². The summed E-state index contributed by atoms with van der Waals surface area (Å²) >= 11 is 0. The zero-order valence-electron chi connectivity index (χ0n) is 15.1. The molecule has 8 nitrogen and oxygen atoms in total. The maximum absolute atomic E-state index is 12.7. The number of benzene rings is 2. The molecular weight excluding hydrogens is 428 g/mol. The van der Waals surface area contributed by atoms with Gasteiger partial charge in [-0.1, -0.05) is 6.07 Å². The average Bonchev–Trinajstić information content (AvgIpc) is 2.68. The number of morpholine rings is 1. The minimum atomic E-state index is -3.86. The van der Waals surface area contributed by atoms with Crippen LogP contribution in [-0.2, 0) is 24.8 Å². The molecule has 154 valence electrons. The van der Waals surface area contributed by atoms with E-state index in [9.17, 15) is 16.8 Å². The Balaban J connectivity index is 0.00000280. The van der Waals surface area contributed by atoms with Crippen molar-refractivity contribution in [3.05, 3.63) is 48.5 Å². The van der Waals surface area contributed by atoms with Crippen molar-refractivity contribution in [2.24, 2.45) is 0 Å². The molecule has 0 atom stereocenters. The molecule has 1 aliphatic heterocycles. The molecule has 0 spiro atoms. The fourth-order valence-electron chi connectivity index (χ4n) is 2.63. The smallest absolute Gasteiger partial charge is 0.261 e. The van der Waals surface area contributed by atoms with Crippen LogP contribution >= 0.6 is 12.4 Å². The van der Waals surface area contributed by atoms with Crippen molar-refractivity contribution in [3.63, 3.8) is 0 Å². The molecule has 3 rings (SSSR count). The van der Waals surface area contributed by atoms with Crippen LogP contribution in [0.4, 0.5) is 5.69 Å². The lowest BCUT2D eigenvalue weighted by molar-refractivity contribution is 0.0730. The highest BCUT2D eigenvalue weighted by Gasteiger charge is 2.26. The molecule has 0 amide bonds. The van der Waals surface area contributed by atoms with Gasteiger partial charge in [-0.2, -0.15) is 4.31 Å². The standard InChI is InChI=1S/C17H20N2O6S2.ClH/c1-24-15-5-7-16(8-6-15)26(20,21)18-14-3-2-4-17(13-14)27(22,23)19-9-11-25-12-10-19;/h2-8,13,18H,9-12H2,1H3;1H. The number of hydrogen-bond donors (Lipinski definition) is 1. The Morgan fingerprint density at radius 2 is 1.61 bits per heavy atom. The molecule has 2 aromatic carbocycles. The van der Waals surface area contributed by atoms with Gasteiger partial charge in [0.25, 0.3) is 10.0 Å².